The standard InChI is InChI=1S/C12H22N3OP/c16-11(14-5-7-15(17)8-6-14)10-9-12(10)1-3-13-4-2-12/h10,13H,1-9,17H2. The molecule has 0 aromatic heterocycles. The van der Waals surface area contributed by atoms with Crippen molar-refractivity contribution in [2.75, 3.05) is 39.3 Å². The molecule has 2 heterocycles. The lowest BCUT2D eigenvalue weighted by atomic mass is 9.91. The molecule has 0 aromatic carbocycles. The Bertz CT molecular complexity index is 309. The van der Waals surface area contributed by atoms with Gasteiger partial charge in [-0.25, -0.2) is 0 Å². The van der Waals surface area contributed by atoms with E-state index in [1.807, 2.05) is 0 Å². The number of carbonyl (C=O) groups is 1. The van der Waals surface area contributed by atoms with Crippen molar-refractivity contribution in [2.45, 2.75) is 19.3 Å². The van der Waals surface area contributed by atoms with E-state index in [-0.39, 0.29) is 0 Å². The maximum absolute atomic E-state index is 12.4. The molecule has 0 bridgehead atoms. The molecule has 17 heavy (non-hydrogen) atoms. The van der Waals surface area contributed by atoms with Gasteiger partial charge in [0, 0.05) is 32.1 Å². The van der Waals surface area contributed by atoms with Crippen LogP contribution in [0.3, 0.4) is 0 Å². The molecule has 3 fully saturated rings. The minimum atomic E-state index is 0.348. The third kappa shape index (κ3) is 2.23. The van der Waals surface area contributed by atoms with Gasteiger partial charge < -0.3 is 10.2 Å². The second-order valence-corrected chi connectivity index (χ2v) is 6.46. The van der Waals surface area contributed by atoms with Crippen LogP contribution in [0.1, 0.15) is 19.3 Å². The monoisotopic (exact) mass is 255 g/mol. The Hall–Kier alpha value is -0.180. The quantitative estimate of drug-likeness (QED) is 0.685. The van der Waals surface area contributed by atoms with Crippen LogP contribution >= 0.6 is 9.39 Å². The summed E-state index contributed by atoms with van der Waals surface area (Å²) in [6.45, 7) is 6.02. The number of amides is 1. The van der Waals surface area contributed by atoms with Crippen molar-refractivity contribution in [3.8, 4) is 0 Å². The number of carbonyl (C=O) groups excluding carboxylic acids is 1. The largest absolute Gasteiger partial charge is 0.340 e. The molecule has 1 spiro atoms. The van der Waals surface area contributed by atoms with Crippen molar-refractivity contribution in [3.63, 3.8) is 0 Å². The molecule has 3 rings (SSSR count). The number of piperazine rings is 1. The molecule has 0 aromatic rings. The zero-order valence-electron chi connectivity index (χ0n) is 10.3. The average Bonchev–Trinajstić information content (AvgIpc) is 3.04. The van der Waals surface area contributed by atoms with E-state index in [9.17, 15) is 4.79 Å². The predicted octanol–water partition coefficient (Wildman–Crippen LogP) is 0.310. The fraction of sp³-hybridized carbons (Fsp3) is 0.917. The van der Waals surface area contributed by atoms with Crippen LogP contribution in [0.2, 0.25) is 0 Å². The van der Waals surface area contributed by atoms with E-state index < -0.39 is 0 Å². The van der Waals surface area contributed by atoms with Crippen molar-refractivity contribution in [3.05, 3.63) is 0 Å². The first-order valence-electron chi connectivity index (χ1n) is 6.70. The highest BCUT2D eigenvalue weighted by Crippen LogP contribution is 2.59. The Kier molecular flexibility index (Phi) is 3.14. The van der Waals surface area contributed by atoms with E-state index in [2.05, 4.69) is 24.3 Å². The molecule has 3 aliphatic rings. The van der Waals surface area contributed by atoms with Crippen LogP contribution in [0.15, 0.2) is 0 Å². The van der Waals surface area contributed by atoms with Crippen molar-refractivity contribution in [1.82, 2.24) is 14.9 Å². The number of hydrogen-bond donors (Lipinski definition) is 1. The van der Waals surface area contributed by atoms with Crippen molar-refractivity contribution in [1.29, 1.82) is 0 Å². The topological polar surface area (TPSA) is 35.6 Å². The van der Waals surface area contributed by atoms with Gasteiger partial charge in [0.1, 0.15) is 0 Å². The lowest BCUT2D eigenvalue weighted by molar-refractivity contribution is -0.134. The highest BCUT2D eigenvalue weighted by molar-refractivity contribution is 7.13. The summed E-state index contributed by atoms with van der Waals surface area (Å²) in [4.78, 5) is 14.5. The first-order chi connectivity index (χ1) is 8.21. The molecule has 0 radical (unpaired) electrons. The van der Waals surface area contributed by atoms with Crippen LogP contribution in [-0.2, 0) is 4.79 Å². The molecule has 2 unspecified atom stereocenters. The maximum Gasteiger partial charge on any atom is 0.226 e. The van der Waals surface area contributed by atoms with Gasteiger partial charge in [-0.05, 0) is 37.8 Å². The Labute approximate surface area is 105 Å². The van der Waals surface area contributed by atoms with Gasteiger partial charge in [0.05, 0.1) is 0 Å². The third-order valence-corrected chi connectivity index (χ3v) is 5.23. The smallest absolute Gasteiger partial charge is 0.226 e. The van der Waals surface area contributed by atoms with E-state index in [1.165, 1.54) is 12.8 Å². The van der Waals surface area contributed by atoms with Gasteiger partial charge in [0.15, 0.2) is 0 Å². The molecule has 2 aliphatic heterocycles. The van der Waals surface area contributed by atoms with Gasteiger partial charge in [-0.1, -0.05) is 9.39 Å². The van der Waals surface area contributed by atoms with Crippen LogP contribution in [-0.4, -0.2) is 54.7 Å². The fourth-order valence-corrected chi connectivity index (χ4v) is 3.57. The average molecular weight is 255 g/mol. The van der Waals surface area contributed by atoms with E-state index >= 15 is 0 Å². The first kappa shape index (κ1) is 11.9. The van der Waals surface area contributed by atoms with Crippen LogP contribution in [0.25, 0.3) is 0 Å². The van der Waals surface area contributed by atoms with Crippen LogP contribution in [0.4, 0.5) is 0 Å². The van der Waals surface area contributed by atoms with Crippen LogP contribution < -0.4 is 5.32 Å². The summed E-state index contributed by atoms with van der Waals surface area (Å²) < 4.78 is 2.22. The SMILES string of the molecule is O=C(C1CC12CCNCC2)N1CCN(P)CC1. The predicted molar refractivity (Wildman–Crippen MR) is 70.5 cm³/mol. The minimum absolute atomic E-state index is 0.348. The highest BCUT2D eigenvalue weighted by Gasteiger charge is 2.58. The molecule has 1 N–H and O–H groups in total. The fourth-order valence-electron chi connectivity index (χ4n) is 3.34. The van der Waals surface area contributed by atoms with Gasteiger partial charge in [-0.3, -0.25) is 9.46 Å². The number of piperidine rings is 1. The summed E-state index contributed by atoms with van der Waals surface area (Å²) in [6.07, 6.45) is 3.55. The molecule has 1 aliphatic carbocycles. The second kappa shape index (κ2) is 4.49. The van der Waals surface area contributed by atoms with Crippen molar-refractivity contribution in [2.24, 2.45) is 11.3 Å². The van der Waals surface area contributed by atoms with Gasteiger partial charge in [0.25, 0.3) is 0 Å². The summed E-state index contributed by atoms with van der Waals surface area (Å²) in [7, 11) is 2.73. The van der Waals surface area contributed by atoms with Gasteiger partial charge >= 0.3 is 0 Å². The molecule has 96 valence electrons. The Morgan fingerprint density at radius 3 is 2.47 bits per heavy atom. The Morgan fingerprint density at radius 1 is 1.18 bits per heavy atom. The summed E-state index contributed by atoms with van der Waals surface area (Å²) in [5, 5.41) is 3.39. The normalized spacial score (nSPS) is 32.8. The van der Waals surface area contributed by atoms with E-state index in [0.29, 0.717) is 17.2 Å². The molecule has 5 heteroatoms. The van der Waals surface area contributed by atoms with E-state index in [1.54, 1.807) is 0 Å². The van der Waals surface area contributed by atoms with Gasteiger partial charge in [-0.2, -0.15) is 0 Å². The lowest BCUT2D eigenvalue weighted by Crippen LogP contribution is -2.46. The molecule has 1 saturated carbocycles. The number of nitrogens with zero attached hydrogens (tertiary/aromatic N) is 2. The first-order valence-corrected chi connectivity index (χ1v) is 7.22. The summed E-state index contributed by atoms with van der Waals surface area (Å²) in [5.74, 6) is 0.783. The zero-order valence-corrected chi connectivity index (χ0v) is 11.5. The Morgan fingerprint density at radius 2 is 1.82 bits per heavy atom. The number of nitrogens with one attached hydrogen (secondary N) is 1. The highest BCUT2D eigenvalue weighted by atomic mass is 31.0. The van der Waals surface area contributed by atoms with E-state index in [0.717, 1.165) is 45.7 Å². The molecule has 2 saturated heterocycles. The minimum Gasteiger partial charge on any atom is -0.340 e. The lowest BCUT2D eigenvalue weighted by Gasteiger charge is -2.33. The van der Waals surface area contributed by atoms with Crippen LogP contribution in [0, 0.1) is 11.3 Å². The molecular formula is C12H22N3OP. The number of hydrogen-bond acceptors (Lipinski definition) is 3. The molecular weight excluding hydrogens is 233 g/mol. The van der Waals surface area contributed by atoms with E-state index in [4.69, 9.17) is 0 Å². The maximum atomic E-state index is 12.4. The number of rotatable bonds is 1. The van der Waals surface area contributed by atoms with Crippen molar-refractivity contribution >= 4 is 15.3 Å². The summed E-state index contributed by atoms with van der Waals surface area (Å²) in [6, 6.07) is 0. The molecule has 4 nitrogen and oxygen atoms in total. The third-order valence-electron chi connectivity index (χ3n) is 4.71. The van der Waals surface area contributed by atoms with Gasteiger partial charge in [-0.15, -0.1) is 0 Å². The Balaban J connectivity index is 1.57. The second-order valence-electron chi connectivity index (χ2n) is 5.73. The van der Waals surface area contributed by atoms with Crippen LogP contribution in [0.5, 0.6) is 0 Å². The zero-order chi connectivity index (χ0) is 11.9. The van der Waals surface area contributed by atoms with Crippen molar-refractivity contribution < 1.29 is 4.79 Å². The summed E-state index contributed by atoms with van der Waals surface area (Å²) >= 11 is 0. The summed E-state index contributed by atoms with van der Waals surface area (Å²) in [5.41, 5.74) is 0.389. The molecule has 1 amide bonds. The molecule has 2 atom stereocenters. The van der Waals surface area contributed by atoms with Gasteiger partial charge in [0.2, 0.25) is 5.91 Å².